The number of carbonyl (C=O) groups is 2. The first-order valence-corrected chi connectivity index (χ1v) is 8.35. The summed E-state index contributed by atoms with van der Waals surface area (Å²) < 4.78 is 27.9. The Morgan fingerprint density at radius 2 is 1.88 bits per heavy atom. The normalized spacial score (nSPS) is 17.9. The number of nitrogens with zero attached hydrogens (tertiary/aromatic N) is 1. The van der Waals surface area contributed by atoms with Crippen LogP contribution in [0.2, 0.25) is 0 Å². The van der Waals surface area contributed by atoms with Crippen molar-refractivity contribution in [3.05, 3.63) is 23.8 Å². The number of urea groups is 1. The summed E-state index contributed by atoms with van der Waals surface area (Å²) in [7, 11) is 0. The summed E-state index contributed by atoms with van der Waals surface area (Å²) in [5.41, 5.74) is 0.00651. The van der Waals surface area contributed by atoms with Crippen molar-refractivity contribution < 1.29 is 23.5 Å². The Morgan fingerprint density at radius 3 is 2.33 bits per heavy atom. The van der Waals surface area contributed by atoms with Gasteiger partial charge in [0.25, 0.3) is 0 Å². The molecule has 132 valence electrons. The van der Waals surface area contributed by atoms with Crippen LogP contribution in [-0.4, -0.2) is 39.8 Å². The van der Waals surface area contributed by atoms with Crippen LogP contribution in [0.5, 0.6) is 0 Å². The molecule has 0 spiro atoms. The van der Waals surface area contributed by atoms with Crippen LogP contribution in [0, 0.1) is 17.6 Å². The number of hydrogen-bond donors (Lipinski definition) is 2. The van der Waals surface area contributed by atoms with Crippen LogP contribution in [0.15, 0.2) is 17.0 Å². The van der Waals surface area contributed by atoms with Crippen molar-refractivity contribution in [2.24, 2.45) is 5.92 Å². The molecule has 0 aromatic heterocycles. The SMILES string of the molecule is CC(C)(C)Sc1c(F)cc(NC(=O)N2CCC(C(=O)O)C2)cc1F. The van der Waals surface area contributed by atoms with E-state index in [0.29, 0.717) is 13.0 Å². The predicted molar refractivity (Wildman–Crippen MR) is 88.3 cm³/mol. The first kappa shape index (κ1) is 18.5. The molecular weight excluding hydrogens is 338 g/mol. The molecule has 2 rings (SSSR count). The lowest BCUT2D eigenvalue weighted by Crippen LogP contribution is -2.33. The van der Waals surface area contributed by atoms with Gasteiger partial charge in [-0.15, -0.1) is 11.8 Å². The molecule has 1 aliphatic rings. The van der Waals surface area contributed by atoms with E-state index in [1.54, 1.807) is 0 Å². The van der Waals surface area contributed by atoms with E-state index < -0.39 is 29.6 Å². The van der Waals surface area contributed by atoms with E-state index >= 15 is 0 Å². The molecule has 24 heavy (non-hydrogen) atoms. The summed E-state index contributed by atoms with van der Waals surface area (Å²) in [5, 5.41) is 11.4. The molecule has 0 saturated carbocycles. The first-order chi connectivity index (χ1) is 11.1. The highest BCUT2D eigenvalue weighted by molar-refractivity contribution is 8.00. The average Bonchev–Trinajstić information content (AvgIpc) is 2.92. The number of thioether (sulfide) groups is 1. The zero-order valence-corrected chi connectivity index (χ0v) is 14.5. The number of hydrogen-bond acceptors (Lipinski definition) is 3. The maximum atomic E-state index is 14.1. The van der Waals surface area contributed by atoms with Crippen LogP contribution in [0.4, 0.5) is 19.3 Å². The molecular formula is C16H20F2N2O3S. The number of carboxylic acid groups (broad SMARTS) is 1. The summed E-state index contributed by atoms with van der Waals surface area (Å²) >= 11 is 1.07. The van der Waals surface area contributed by atoms with Gasteiger partial charge in [0, 0.05) is 23.5 Å². The van der Waals surface area contributed by atoms with E-state index in [9.17, 15) is 18.4 Å². The second-order valence-corrected chi connectivity index (χ2v) is 8.52. The summed E-state index contributed by atoms with van der Waals surface area (Å²) in [5.74, 6) is -3.04. The molecule has 1 atom stereocenters. The molecule has 2 amide bonds. The lowest BCUT2D eigenvalue weighted by molar-refractivity contribution is -0.141. The largest absolute Gasteiger partial charge is 0.481 e. The van der Waals surface area contributed by atoms with Gasteiger partial charge in [0.05, 0.1) is 10.8 Å². The maximum absolute atomic E-state index is 14.1. The Balaban J connectivity index is 2.08. The molecule has 5 nitrogen and oxygen atoms in total. The van der Waals surface area contributed by atoms with E-state index in [1.807, 2.05) is 20.8 Å². The molecule has 1 aliphatic heterocycles. The lowest BCUT2D eigenvalue weighted by atomic mass is 10.1. The topological polar surface area (TPSA) is 69.6 Å². The number of carboxylic acids is 1. The fourth-order valence-electron chi connectivity index (χ4n) is 2.38. The molecule has 1 saturated heterocycles. The fourth-order valence-corrected chi connectivity index (χ4v) is 3.31. The van der Waals surface area contributed by atoms with E-state index in [4.69, 9.17) is 5.11 Å². The minimum atomic E-state index is -0.953. The number of carbonyl (C=O) groups excluding carboxylic acids is 1. The van der Waals surface area contributed by atoms with Gasteiger partial charge < -0.3 is 15.3 Å². The number of amides is 2. The molecule has 0 radical (unpaired) electrons. The van der Waals surface area contributed by atoms with Crippen LogP contribution in [0.3, 0.4) is 0 Å². The van der Waals surface area contributed by atoms with Crippen LogP contribution in [-0.2, 0) is 4.79 Å². The molecule has 2 N–H and O–H groups in total. The van der Waals surface area contributed by atoms with Gasteiger partial charge in [0.2, 0.25) is 0 Å². The summed E-state index contributed by atoms with van der Waals surface area (Å²) in [4.78, 5) is 24.2. The minimum absolute atomic E-state index is 0.00651. The van der Waals surface area contributed by atoms with E-state index in [2.05, 4.69) is 5.32 Å². The smallest absolute Gasteiger partial charge is 0.321 e. The van der Waals surface area contributed by atoms with Crippen LogP contribution < -0.4 is 5.32 Å². The molecule has 0 aliphatic carbocycles. The Bertz CT molecular complexity index is 638. The number of anilines is 1. The quantitative estimate of drug-likeness (QED) is 0.807. The Labute approximate surface area is 143 Å². The number of aliphatic carboxylic acids is 1. The number of nitrogens with one attached hydrogen (secondary N) is 1. The third-order valence-electron chi connectivity index (χ3n) is 3.48. The molecule has 0 bridgehead atoms. The van der Waals surface area contributed by atoms with Gasteiger partial charge in [-0.05, 0) is 18.6 Å². The van der Waals surface area contributed by atoms with Crippen LogP contribution in [0.25, 0.3) is 0 Å². The molecule has 1 fully saturated rings. The highest BCUT2D eigenvalue weighted by Crippen LogP contribution is 2.36. The Hall–Kier alpha value is -1.83. The number of benzene rings is 1. The van der Waals surface area contributed by atoms with Gasteiger partial charge in [-0.25, -0.2) is 13.6 Å². The highest BCUT2D eigenvalue weighted by Gasteiger charge is 2.31. The molecule has 8 heteroatoms. The predicted octanol–water partition coefficient (Wildman–Crippen LogP) is 3.79. The lowest BCUT2D eigenvalue weighted by Gasteiger charge is -2.20. The van der Waals surface area contributed by atoms with Crippen molar-refractivity contribution in [3.8, 4) is 0 Å². The van der Waals surface area contributed by atoms with Gasteiger partial charge in [-0.1, -0.05) is 20.8 Å². The zero-order valence-electron chi connectivity index (χ0n) is 13.7. The van der Waals surface area contributed by atoms with E-state index in [1.165, 1.54) is 4.90 Å². The fraction of sp³-hybridized carbons (Fsp3) is 0.500. The average molecular weight is 358 g/mol. The highest BCUT2D eigenvalue weighted by atomic mass is 32.2. The third kappa shape index (κ3) is 4.59. The van der Waals surface area contributed by atoms with Crippen LogP contribution in [0.1, 0.15) is 27.2 Å². The van der Waals surface area contributed by atoms with Crippen molar-refractivity contribution in [2.75, 3.05) is 18.4 Å². The zero-order chi connectivity index (χ0) is 18.1. The van der Waals surface area contributed by atoms with Gasteiger partial charge >= 0.3 is 12.0 Å². The molecule has 1 aromatic rings. The van der Waals surface area contributed by atoms with E-state index in [0.717, 1.165) is 23.9 Å². The third-order valence-corrected chi connectivity index (χ3v) is 4.69. The van der Waals surface area contributed by atoms with Crippen LogP contribution >= 0.6 is 11.8 Å². The molecule has 1 unspecified atom stereocenters. The van der Waals surface area contributed by atoms with E-state index in [-0.39, 0.29) is 21.9 Å². The minimum Gasteiger partial charge on any atom is -0.481 e. The van der Waals surface area contributed by atoms with Crippen molar-refractivity contribution in [1.82, 2.24) is 4.90 Å². The first-order valence-electron chi connectivity index (χ1n) is 7.53. The Morgan fingerprint density at radius 1 is 1.29 bits per heavy atom. The summed E-state index contributed by atoms with van der Waals surface area (Å²) in [6, 6.07) is 1.58. The number of rotatable bonds is 3. The number of likely N-dealkylation sites (tertiary alicyclic amines) is 1. The maximum Gasteiger partial charge on any atom is 0.321 e. The Kier molecular flexibility index (Phi) is 5.37. The molecule has 1 heterocycles. The second kappa shape index (κ2) is 6.96. The summed E-state index contributed by atoms with van der Waals surface area (Å²) in [6.07, 6.45) is 0.368. The van der Waals surface area contributed by atoms with Crippen molar-refractivity contribution >= 4 is 29.4 Å². The van der Waals surface area contributed by atoms with Gasteiger partial charge in [-0.3, -0.25) is 4.79 Å². The van der Waals surface area contributed by atoms with Gasteiger partial charge in [0.1, 0.15) is 11.6 Å². The second-order valence-electron chi connectivity index (χ2n) is 6.68. The van der Waals surface area contributed by atoms with Crippen molar-refractivity contribution in [1.29, 1.82) is 0 Å². The van der Waals surface area contributed by atoms with Gasteiger partial charge in [-0.2, -0.15) is 0 Å². The van der Waals surface area contributed by atoms with Crippen molar-refractivity contribution in [3.63, 3.8) is 0 Å². The monoisotopic (exact) mass is 358 g/mol. The summed E-state index contributed by atoms with van der Waals surface area (Å²) in [6.45, 7) is 5.92. The standard InChI is InChI=1S/C16H20F2N2O3S/c1-16(2,3)24-13-11(17)6-10(7-12(13)18)19-15(23)20-5-4-9(8-20)14(21)22/h6-7,9H,4-5,8H2,1-3H3,(H,19,23)(H,21,22). The van der Waals surface area contributed by atoms with Crippen molar-refractivity contribution in [2.45, 2.75) is 36.8 Å². The number of halogens is 2. The van der Waals surface area contributed by atoms with Gasteiger partial charge in [0.15, 0.2) is 0 Å². The molecule has 1 aromatic carbocycles.